The molecule has 1 amide bonds. The SMILES string of the molecule is Cc1nc(CCN(C)S(=O)(=O)c2cccc(C(=O)N3CCC3)c2)no1. The first kappa shape index (κ1) is 17.6. The molecule has 0 aliphatic carbocycles. The highest BCUT2D eigenvalue weighted by molar-refractivity contribution is 7.89. The molecule has 1 aliphatic rings. The molecule has 0 saturated carbocycles. The van der Waals surface area contributed by atoms with Gasteiger partial charge in [-0.2, -0.15) is 4.98 Å². The monoisotopic (exact) mass is 364 g/mol. The van der Waals surface area contributed by atoms with Crippen LogP contribution in [0.5, 0.6) is 0 Å². The van der Waals surface area contributed by atoms with Gasteiger partial charge in [0.05, 0.1) is 4.90 Å². The van der Waals surface area contributed by atoms with Gasteiger partial charge >= 0.3 is 0 Å². The lowest BCUT2D eigenvalue weighted by atomic mass is 10.1. The van der Waals surface area contributed by atoms with Crippen LogP contribution in [0.2, 0.25) is 0 Å². The molecule has 2 aromatic rings. The summed E-state index contributed by atoms with van der Waals surface area (Å²) in [5, 5.41) is 3.76. The number of hydrogen-bond acceptors (Lipinski definition) is 6. The van der Waals surface area contributed by atoms with Crippen LogP contribution in [0.4, 0.5) is 0 Å². The third-order valence-electron chi connectivity index (χ3n) is 4.15. The van der Waals surface area contributed by atoms with Gasteiger partial charge in [-0.15, -0.1) is 0 Å². The Morgan fingerprint density at radius 3 is 2.72 bits per heavy atom. The van der Waals surface area contributed by atoms with E-state index in [1.807, 2.05) is 0 Å². The maximum absolute atomic E-state index is 12.7. The topological polar surface area (TPSA) is 96.6 Å². The van der Waals surface area contributed by atoms with Gasteiger partial charge in [-0.1, -0.05) is 11.2 Å². The van der Waals surface area contributed by atoms with E-state index in [2.05, 4.69) is 10.1 Å². The summed E-state index contributed by atoms with van der Waals surface area (Å²) < 4.78 is 31.6. The number of sulfonamides is 1. The first-order valence-electron chi connectivity index (χ1n) is 8.03. The summed E-state index contributed by atoms with van der Waals surface area (Å²) >= 11 is 0. The van der Waals surface area contributed by atoms with Crippen molar-refractivity contribution in [2.75, 3.05) is 26.7 Å². The predicted octanol–water partition coefficient (Wildman–Crippen LogP) is 1.09. The minimum atomic E-state index is -3.70. The molecule has 1 saturated heterocycles. The summed E-state index contributed by atoms with van der Waals surface area (Å²) in [5.74, 6) is 0.771. The number of likely N-dealkylation sites (N-methyl/N-ethyl adjacent to an activating group) is 1. The Balaban J connectivity index is 1.73. The normalized spacial score (nSPS) is 14.6. The largest absolute Gasteiger partial charge is 0.340 e. The number of aromatic nitrogens is 2. The maximum Gasteiger partial charge on any atom is 0.253 e. The molecule has 0 unspecified atom stereocenters. The van der Waals surface area contributed by atoms with Crippen LogP contribution in [0.3, 0.4) is 0 Å². The lowest BCUT2D eigenvalue weighted by Crippen LogP contribution is -2.42. The molecule has 0 N–H and O–H groups in total. The van der Waals surface area contributed by atoms with Crippen molar-refractivity contribution in [1.82, 2.24) is 19.3 Å². The van der Waals surface area contributed by atoms with E-state index in [4.69, 9.17) is 4.52 Å². The van der Waals surface area contributed by atoms with Crippen LogP contribution in [0.1, 0.15) is 28.5 Å². The van der Waals surface area contributed by atoms with E-state index in [1.54, 1.807) is 24.0 Å². The van der Waals surface area contributed by atoms with Crippen LogP contribution >= 0.6 is 0 Å². The van der Waals surface area contributed by atoms with Gasteiger partial charge in [-0.25, -0.2) is 12.7 Å². The second kappa shape index (κ2) is 6.93. The van der Waals surface area contributed by atoms with Crippen molar-refractivity contribution in [3.63, 3.8) is 0 Å². The fraction of sp³-hybridized carbons (Fsp3) is 0.438. The number of likely N-dealkylation sites (tertiary alicyclic amines) is 1. The molecule has 0 atom stereocenters. The smallest absolute Gasteiger partial charge is 0.253 e. The number of hydrogen-bond donors (Lipinski definition) is 0. The lowest BCUT2D eigenvalue weighted by Gasteiger charge is -2.31. The number of aryl methyl sites for hydroxylation is 1. The molecule has 0 bridgehead atoms. The Hall–Kier alpha value is -2.26. The van der Waals surface area contributed by atoms with Gasteiger partial charge in [-0.05, 0) is 24.6 Å². The van der Waals surface area contributed by atoms with Gasteiger partial charge in [0.2, 0.25) is 15.9 Å². The first-order chi connectivity index (χ1) is 11.9. The van der Waals surface area contributed by atoms with Crippen molar-refractivity contribution < 1.29 is 17.7 Å². The Morgan fingerprint density at radius 1 is 1.36 bits per heavy atom. The summed E-state index contributed by atoms with van der Waals surface area (Å²) in [6.07, 6.45) is 1.33. The molecule has 2 heterocycles. The van der Waals surface area contributed by atoms with Crippen LogP contribution in [-0.2, 0) is 16.4 Å². The standard InChI is InChI=1S/C16H20N4O4S/c1-12-17-15(18-24-12)7-10-19(2)25(22,23)14-6-3-5-13(11-14)16(21)20-8-4-9-20/h3,5-6,11H,4,7-10H2,1-2H3. The molecule has 1 aliphatic heterocycles. The molecule has 25 heavy (non-hydrogen) atoms. The van der Waals surface area contributed by atoms with Gasteiger partial charge in [-0.3, -0.25) is 4.79 Å². The van der Waals surface area contributed by atoms with E-state index in [0.717, 1.165) is 19.5 Å². The Labute approximate surface area is 146 Å². The zero-order chi connectivity index (χ0) is 18.0. The Kier molecular flexibility index (Phi) is 4.87. The number of amides is 1. The highest BCUT2D eigenvalue weighted by atomic mass is 32.2. The van der Waals surface area contributed by atoms with Crippen LogP contribution < -0.4 is 0 Å². The van der Waals surface area contributed by atoms with Gasteiger partial charge in [0.25, 0.3) is 5.91 Å². The van der Waals surface area contributed by atoms with E-state index in [0.29, 0.717) is 23.7 Å². The molecule has 8 nitrogen and oxygen atoms in total. The number of carbonyl (C=O) groups excluding carboxylic acids is 1. The highest BCUT2D eigenvalue weighted by Crippen LogP contribution is 2.19. The highest BCUT2D eigenvalue weighted by Gasteiger charge is 2.25. The summed E-state index contributed by atoms with van der Waals surface area (Å²) in [5.41, 5.74) is 0.392. The summed E-state index contributed by atoms with van der Waals surface area (Å²) in [7, 11) is -2.20. The third kappa shape index (κ3) is 3.72. The van der Waals surface area contributed by atoms with E-state index >= 15 is 0 Å². The molecular weight excluding hydrogens is 344 g/mol. The van der Waals surface area contributed by atoms with Crippen LogP contribution in [0.25, 0.3) is 0 Å². The molecule has 134 valence electrons. The number of benzene rings is 1. The van der Waals surface area contributed by atoms with Gasteiger partial charge in [0.15, 0.2) is 5.82 Å². The average Bonchev–Trinajstić information content (AvgIpc) is 2.96. The van der Waals surface area contributed by atoms with Crippen molar-refractivity contribution >= 4 is 15.9 Å². The maximum atomic E-state index is 12.7. The van der Waals surface area contributed by atoms with E-state index in [1.165, 1.54) is 23.5 Å². The van der Waals surface area contributed by atoms with Crippen LogP contribution in [0.15, 0.2) is 33.7 Å². The molecular formula is C16H20N4O4S. The fourth-order valence-electron chi connectivity index (χ4n) is 2.49. The average molecular weight is 364 g/mol. The van der Waals surface area contributed by atoms with Crippen molar-refractivity contribution in [2.45, 2.75) is 24.7 Å². The van der Waals surface area contributed by atoms with Crippen molar-refractivity contribution in [2.24, 2.45) is 0 Å². The Bertz CT molecular complexity index is 874. The Morgan fingerprint density at radius 2 is 2.12 bits per heavy atom. The predicted molar refractivity (Wildman–Crippen MR) is 89.5 cm³/mol. The second-order valence-electron chi connectivity index (χ2n) is 5.98. The lowest BCUT2D eigenvalue weighted by molar-refractivity contribution is 0.0651. The number of carbonyl (C=O) groups is 1. The molecule has 0 spiro atoms. The number of rotatable bonds is 6. The molecule has 3 rings (SSSR count). The molecule has 1 aromatic carbocycles. The molecule has 0 radical (unpaired) electrons. The zero-order valence-electron chi connectivity index (χ0n) is 14.2. The third-order valence-corrected chi connectivity index (χ3v) is 6.01. The zero-order valence-corrected chi connectivity index (χ0v) is 15.0. The summed E-state index contributed by atoms with van der Waals surface area (Å²) in [4.78, 5) is 18.1. The molecule has 9 heteroatoms. The van der Waals surface area contributed by atoms with Gasteiger partial charge in [0.1, 0.15) is 0 Å². The summed E-state index contributed by atoms with van der Waals surface area (Å²) in [6, 6.07) is 6.17. The number of nitrogens with zero attached hydrogens (tertiary/aromatic N) is 4. The van der Waals surface area contributed by atoms with Gasteiger partial charge in [0, 0.05) is 45.6 Å². The van der Waals surface area contributed by atoms with Crippen molar-refractivity contribution in [3.8, 4) is 0 Å². The van der Waals surface area contributed by atoms with Crippen molar-refractivity contribution in [3.05, 3.63) is 41.5 Å². The van der Waals surface area contributed by atoms with Crippen LogP contribution in [0, 0.1) is 6.92 Å². The quantitative estimate of drug-likeness (QED) is 0.761. The fourth-order valence-corrected chi connectivity index (χ4v) is 3.71. The van der Waals surface area contributed by atoms with Gasteiger partial charge < -0.3 is 9.42 Å². The van der Waals surface area contributed by atoms with Crippen molar-refractivity contribution in [1.29, 1.82) is 0 Å². The molecule has 1 fully saturated rings. The minimum absolute atomic E-state index is 0.102. The second-order valence-corrected chi connectivity index (χ2v) is 8.02. The van der Waals surface area contributed by atoms with E-state index in [-0.39, 0.29) is 17.3 Å². The van der Waals surface area contributed by atoms with Crippen LogP contribution in [-0.4, -0.2) is 60.4 Å². The summed E-state index contributed by atoms with van der Waals surface area (Å²) in [6.45, 7) is 3.34. The molecule has 1 aromatic heterocycles. The van der Waals surface area contributed by atoms with E-state index in [9.17, 15) is 13.2 Å². The van der Waals surface area contributed by atoms with E-state index < -0.39 is 10.0 Å². The first-order valence-corrected chi connectivity index (χ1v) is 9.47. The minimum Gasteiger partial charge on any atom is -0.340 e.